The molecule has 1 aliphatic rings. The highest BCUT2D eigenvalue weighted by molar-refractivity contribution is 9.10. The molecule has 1 aliphatic heterocycles. The lowest BCUT2D eigenvalue weighted by molar-refractivity contribution is -0.205. The smallest absolute Gasteiger partial charge is 0.472 e. The summed E-state index contributed by atoms with van der Waals surface area (Å²) < 4.78 is 76.7. The minimum absolute atomic E-state index is 0.0103. The van der Waals surface area contributed by atoms with Crippen molar-refractivity contribution in [2.24, 2.45) is 0 Å². The number of hydrogen-bond donors (Lipinski definition) is 1. The van der Waals surface area contributed by atoms with Crippen molar-refractivity contribution in [1.29, 1.82) is 0 Å². The van der Waals surface area contributed by atoms with Gasteiger partial charge in [-0.1, -0.05) is 0 Å². The van der Waals surface area contributed by atoms with E-state index in [1.54, 1.807) is 13.8 Å². The van der Waals surface area contributed by atoms with Crippen LogP contribution in [0.25, 0.3) is 0 Å². The van der Waals surface area contributed by atoms with Gasteiger partial charge in [0.15, 0.2) is 6.23 Å². The Morgan fingerprint density at radius 3 is 2.65 bits per heavy atom. The van der Waals surface area contributed by atoms with E-state index in [4.69, 9.17) is 4.74 Å². The molecule has 1 aromatic carbocycles. The molecule has 1 saturated heterocycles. The number of ether oxygens (including phenoxy) is 2. The van der Waals surface area contributed by atoms with Gasteiger partial charge in [0.25, 0.3) is 5.56 Å². The molecular formula is C20H20BrF5N4O4. The van der Waals surface area contributed by atoms with Crippen LogP contribution in [-0.4, -0.2) is 47.6 Å². The normalized spacial score (nSPS) is 16.6. The summed E-state index contributed by atoms with van der Waals surface area (Å²) >= 11 is 3.10. The predicted molar refractivity (Wildman–Crippen MR) is 113 cm³/mol. The van der Waals surface area contributed by atoms with Crippen LogP contribution in [0.15, 0.2) is 27.5 Å². The average molecular weight is 555 g/mol. The van der Waals surface area contributed by atoms with E-state index in [1.165, 1.54) is 9.47 Å². The van der Waals surface area contributed by atoms with Gasteiger partial charge in [-0.05, 0) is 41.9 Å². The van der Waals surface area contributed by atoms with Crippen molar-refractivity contribution in [3.05, 3.63) is 50.2 Å². The standard InChI is InChI=1S/C20H20BrF5N4O4/c1-10(2)30-17(31)15(21)16(33-9-11-3-4-12(22)7-13(11)23)28-19(30)29-6-5-27-8-14(29)34-18(32)20(24,25)26/h3-4,7,10,14,27H,5-6,8-9H2,1-2H3. The van der Waals surface area contributed by atoms with Gasteiger partial charge in [-0.25, -0.2) is 13.6 Å². The Morgan fingerprint density at radius 1 is 1.32 bits per heavy atom. The van der Waals surface area contributed by atoms with Crippen LogP contribution in [0.5, 0.6) is 5.88 Å². The lowest BCUT2D eigenvalue weighted by atomic mass is 10.2. The highest BCUT2D eigenvalue weighted by Gasteiger charge is 2.44. The van der Waals surface area contributed by atoms with E-state index in [1.807, 2.05) is 0 Å². The number of benzene rings is 1. The van der Waals surface area contributed by atoms with Crippen LogP contribution in [0.2, 0.25) is 0 Å². The quantitative estimate of drug-likeness (QED) is 0.433. The van der Waals surface area contributed by atoms with Crippen molar-refractivity contribution in [1.82, 2.24) is 14.9 Å². The van der Waals surface area contributed by atoms with Gasteiger partial charge in [0, 0.05) is 30.8 Å². The zero-order valence-corrected chi connectivity index (χ0v) is 19.5. The molecule has 2 aromatic rings. The first-order valence-electron chi connectivity index (χ1n) is 10.0. The molecule has 8 nitrogen and oxygen atoms in total. The van der Waals surface area contributed by atoms with Crippen LogP contribution in [0, 0.1) is 11.6 Å². The number of hydrogen-bond acceptors (Lipinski definition) is 7. The Morgan fingerprint density at radius 2 is 2.03 bits per heavy atom. The molecule has 3 rings (SSSR count). The zero-order chi connectivity index (χ0) is 25.2. The summed E-state index contributed by atoms with van der Waals surface area (Å²) in [6.45, 7) is 3.13. The van der Waals surface area contributed by atoms with Crippen LogP contribution in [0.1, 0.15) is 25.5 Å². The second-order valence-corrected chi connectivity index (χ2v) is 8.37. The number of aromatic nitrogens is 2. The Bertz CT molecular complexity index is 1130. The van der Waals surface area contributed by atoms with E-state index in [2.05, 4.69) is 31.0 Å². The van der Waals surface area contributed by atoms with E-state index in [0.29, 0.717) is 12.6 Å². The molecule has 1 fully saturated rings. The summed E-state index contributed by atoms with van der Waals surface area (Å²) in [5.74, 6) is -4.39. The number of alkyl halides is 3. The molecule has 0 aliphatic carbocycles. The molecule has 1 atom stereocenters. The number of carbonyl (C=O) groups excluding carboxylic acids is 1. The highest BCUT2D eigenvalue weighted by atomic mass is 79.9. The Balaban J connectivity index is 2.00. The van der Waals surface area contributed by atoms with Crippen molar-refractivity contribution >= 4 is 27.8 Å². The van der Waals surface area contributed by atoms with Crippen molar-refractivity contribution in [2.45, 2.75) is 38.9 Å². The number of rotatable bonds is 6. The monoisotopic (exact) mass is 554 g/mol. The first kappa shape index (κ1) is 25.9. The summed E-state index contributed by atoms with van der Waals surface area (Å²) in [7, 11) is 0. The molecule has 1 aromatic heterocycles. The van der Waals surface area contributed by atoms with Crippen molar-refractivity contribution in [3.63, 3.8) is 0 Å². The van der Waals surface area contributed by atoms with Gasteiger partial charge >= 0.3 is 12.1 Å². The SMILES string of the molecule is CC(C)n1c(N2CCNCC2OC(=O)C(F)(F)F)nc(OCc2ccc(F)cc2F)c(Br)c1=O. The zero-order valence-electron chi connectivity index (χ0n) is 18.0. The van der Waals surface area contributed by atoms with Crippen LogP contribution < -0.4 is 20.5 Å². The number of esters is 1. The van der Waals surface area contributed by atoms with Crippen LogP contribution in [-0.2, 0) is 16.1 Å². The lowest BCUT2D eigenvalue weighted by Gasteiger charge is -2.37. The third kappa shape index (κ3) is 5.66. The summed E-state index contributed by atoms with van der Waals surface area (Å²) in [6.07, 6.45) is -6.62. The van der Waals surface area contributed by atoms with Crippen molar-refractivity contribution in [2.75, 3.05) is 24.5 Å². The maximum absolute atomic E-state index is 14.0. The van der Waals surface area contributed by atoms with E-state index in [-0.39, 0.29) is 35.0 Å². The lowest BCUT2D eigenvalue weighted by Crippen LogP contribution is -2.56. The molecule has 0 radical (unpaired) electrons. The van der Waals surface area contributed by atoms with Gasteiger partial charge in [-0.2, -0.15) is 18.2 Å². The number of nitrogens with zero attached hydrogens (tertiary/aromatic N) is 3. The fourth-order valence-electron chi connectivity index (χ4n) is 3.23. The van der Waals surface area contributed by atoms with E-state index in [0.717, 1.165) is 12.1 Å². The second-order valence-electron chi connectivity index (χ2n) is 7.58. The van der Waals surface area contributed by atoms with Crippen molar-refractivity contribution in [3.8, 4) is 5.88 Å². The van der Waals surface area contributed by atoms with Gasteiger partial charge in [-0.3, -0.25) is 9.36 Å². The fourth-order valence-corrected chi connectivity index (χ4v) is 3.63. The Hall–Kier alpha value is -2.74. The number of anilines is 1. The van der Waals surface area contributed by atoms with Crippen LogP contribution in [0.4, 0.5) is 27.9 Å². The summed E-state index contributed by atoms with van der Waals surface area (Å²) in [6, 6.07) is 2.39. The van der Waals surface area contributed by atoms with Gasteiger partial charge in [0.1, 0.15) is 22.7 Å². The molecule has 34 heavy (non-hydrogen) atoms. The molecule has 14 heteroatoms. The fraction of sp³-hybridized carbons (Fsp3) is 0.450. The third-order valence-electron chi connectivity index (χ3n) is 4.83. The Kier molecular flexibility index (Phi) is 7.81. The second kappa shape index (κ2) is 10.3. The van der Waals surface area contributed by atoms with E-state index >= 15 is 0 Å². The van der Waals surface area contributed by atoms with Crippen LogP contribution in [0.3, 0.4) is 0 Å². The maximum Gasteiger partial charge on any atom is 0.491 e. The van der Waals surface area contributed by atoms with Gasteiger partial charge in [0.2, 0.25) is 11.8 Å². The van der Waals surface area contributed by atoms with Gasteiger partial charge < -0.3 is 19.7 Å². The topological polar surface area (TPSA) is 85.7 Å². The molecule has 186 valence electrons. The molecule has 0 saturated carbocycles. The third-order valence-corrected chi connectivity index (χ3v) is 5.51. The number of piperazine rings is 1. The molecular weight excluding hydrogens is 535 g/mol. The maximum atomic E-state index is 14.0. The first-order chi connectivity index (χ1) is 15.9. The highest BCUT2D eigenvalue weighted by Crippen LogP contribution is 2.28. The number of carbonyl (C=O) groups is 1. The molecule has 0 amide bonds. The Labute approximate surface area is 198 Å². The summed E-state index contributed by atoms with van der Waals surface area (Å²) in [5.41, 5.74) is -0.627. The molecule has 2 heterocycles. The predicted octanol–water partition coefficient (Wildman–Crippen LogP) is 3.29. The average Bonchev–Trinajstić information content (AvgIpc) is 2.75. The minimum Gasteiger partial charge on any atom is -0.472 e. The van der Waals surface area contributed by atoms with Gasteiger partial charge in [0.05, 0.1) is 6.54 Å². The summed E-state index contributed by atoms with van der Waals surface area (Å²) in [5, 5.41) is 2.82. The molecule has 0 spiro atoms. The molecule has 1 N–H and O–H groups in total. The van der Waals surface area contributed by atoms with Crippen molar-refractivity contribution < 1.29 is 36.2 Å². The number of halogens is 6. The summed E-state index contributed by atoms with van der Waals surface area (Å²) in [4.78, 5) is 30.0. The van der Waals surface area contributed by atoms with Gasteiger partial charge in [-0.15, -0.1) is 0 Å². The first-order valence-corrected chi connectivity index (χ1v) is 10.8. The molecule has 0 bridgehead atoms. The largest absolute Gasteiger partial charge is 0.491 e. The number of nitrogens with one attached hydrogen (secondary N) is 1. The van der Waals surface area contributed by atoms with E-state index in [9.17, 15) is 31.5 Å². The van der Waals surface area contributed by atoms with Crippen LogP contribution >= 0.6 is 15.9 Å². The van der Waals surface area contributed by atoms with E-state index < -0.39 is 48.2 Å². The minimum atomic E-state index is -5.21. The molecule has 1 unspecified atom stereocenters.